The normalized spacial score (nSPS) is 14.1. The molecule has 24 heavy (non-hydrogen) atoms. The summed E-state index contributed by atoms with van der Waals surface area (Å²) in [6, 6.07) is 0. The number of aliphatic carboxylic acids is 1. The van der Waals surface area contributed by atoms with Gasteiger partial charge in [0.2, 0.25) is 11.8 Å². The number of carboxylic acid groups (broad SMARTS) is 1. The summed E-state index contributed by atoms with van der Waals surface area (Å²) in [6.45, 7) is 6.50. The van der Waals surface area contributed by atoms with Crippen molar-refractivity contribution in [3.8, 4) is 0 Å². The van der Waals surface area contributed by atoms with Crippen LogP contribution in [0.2, 0.25) is 13.3 Å². The van der Waals surface area contributed by atoms with Crippen LogP contribution in [0.4, 0.5) is 0 Å². The molecule has 139 valence electrons. The molecule has 0 saturated carbocycles. The second kappa shape index (κ2) is 14.7. The molecule has 1 fully saturated rings. The van der Waals surface area contributed by atoms with Crippen LogP contribution >= 0.6 is 0 Å². The van der Waals surface area contributed by atoms with Crippen LogP contribution in [-0.2, 0) is 14.4 Å². The van der Waals surface area contributed by atoms with Gasteiger partial charge in [-0.05, 0) is 0 Å². The number of rotatable bonds is 11. The third kappa shape index (κ3) is 11.0. The predicted octanol–water partition coefficient (Wildman–Crippen LogP) is 4.10. The Balaban J connectivity index is 0.000000446. The van der Waals surface area contributed by atoms with Crippen molar-refractivity contribution in [3.63, 3.8) is 0 Å². The molecular weight excluding hydrogens is 413 g/mol. The largest absolute Gasteiger partial charge is 0.480 e. The van der Waals surface area contributed by atoms with Gasteiger partial charge in [0.25, 0.3) is 0 Å². The molecule has 0 spiro atoms. The van der Waals surface area contributed by atoms with E-state index in [2.05, 4.69) is 20.8 Å². The molecule has 1 radical (unpaired) electrons. The molecule has 1 aliphatic rings. The van der Waals surface area contributed by atoms with Crippen LogP contribution in [0.5, 0.6) is 0 Å². The van der Waals surface area contributed by atoms with Crippen molar-refractivity contribution in [2.24, 2.45) is 0 Å². The van der Waals surface area contributed by atoms with Crippen molar-refractivity contribution in [1.29, 1.82) is 0 Å². The van der Waals surface area contributed by atoms with Gasteiger partial charge in [-0.25, -0.2) is 0 Å². The van der Waals surface area contributed by atoms with Gasteiger partial charge in [-0.3, -0.25) is 19.3 Å². The van der Waals surface area contributed by atoms with Crippen molar-refractivity contribution >= 4 is 37.5 Å². The number of amides is 2. The smallest absolute Gasteiger partial charge is 0.323 e. The van der Waals surface area contributed by atoms with E-state index in [1.807, 2.05) is 0 Å². The van der Waals surface area contributed by atoms with Crippen LogP contribution in [0.1, 0.15) is 72.1 Å². The molecular formula is C18H34NO4Sn. The van der Waals surface area contributed by atoms with E-state index >= 15 is 0 Å². The third-order valence-corrected chi connectivity index (χ3v) is 13.2. The van der Waals surface area contributed by atoms with Gasteiger partial charge < -0.3 is 5.11 Å². The van der Waals surface area contributed by atoms with Crippen molar-refractivity contribution in [1.82, 2.24) is 4.90 Å². The van der Waals surface area contributed by atoms with Crippen LogP contribution in [0, 0.1) is 0 Å². The Bertz CT molecular complexity index is 352. The molecule has 6 heteroatoms. The number of unbranched alkanes of at least 4 members (excludes halogenated alkanes) is 3. The molecule has 1 aliphatic heterocycles. The first-order valence-electron chi connectivity index (χ1n) is 9.34. The molecule has 5 nitrogen and oxygen atoms in total. The van der Waals surface area contributed by atoms with Crippen LogP contribution in [-0.4, -0.2) is 54.1 Å². The molecule has 0 bridgehead atoms. The maximum Gasteiger partial charge on any atom is 0.323 e. The second-order valence-electron chi connectivity index (χ2n) is 6.33. The Hall–Kier alpha value is -0.591. The van der Waals surface area contributed by atoms with Crippen molar-refractivity contribution in [2.45, 2.75) is 85.4 Å². The molecule has 0 aliphatic carbocycles. The van der Waals surface area contributed by atoms with Gasteiger partial charge in [0.15, 0.2) is 0 Å². The maximum absolute atomic E-state index is 10.8. The molecule has 1 rings (SSSR count). The van der Waals surface area contributed by atoms with Crippen LogP contribution in [0.15, 0.2) is 0 Å². The average Bonchev–Trinajstić information content (AvgIpc) is 2.86. The summed E-state index contributed by atoms with van der Waals surface area (Å²) in [5.41, 5.74) is 0. The van der Waals surface area contributed by atoms with Crippen molar-refractivity contribution < 1.29 is 19.5 Å². The zero-order chi connectivity index (χ0) is 18.4. The fourth-order valence-electron chi connectivity index (χ4n) is 2.59. The molecule has 0 aromatic heterocycles. The van der Waals surface area contributed by atoms with Crippen molar-refractivity contribution in [3.05, 3.63) is 0 Å². The van der Waals surface area contributed by atoms with Crippen molar-refractivity contribution in [2.75, 3.05) is 6.54 Å². The molecule has 2 amide bonds. The van der Waals surface area contributed by atoms with E-state index < -0.39 is 44.1 Å². The zero-order valence-corrected chi connectivity index (χ0v) is 18.5. The summed E-state index contributed by atoms with van der Waals surface area (Å²) in [6.07, 6.45) is 9.14. The van der Waals surface area contributed by atoms with Gasteiger partial charge in [-0.2, -0.15) is 0 Å². The topological polar surface area (TPSA) is 74.7 Å². The average molecular weight is 447 g/mol. The number of likely N-dealkylation sites (tertiary alicyclic amines) is 1. The minimum Gasteiger partial charge on any atom is -0.480 e. The van der Waals surface area contributed by atoms with Gasteiger partial charge in [0.1, 0.15) is 6.54 Å². The Labute approximate surface area is 153 Å². The molecule has 0 unspecified atom stereocenters. The summed E-state index contributed by atoms with van der Waals surface area (Å²) >= 11 is -0.839. The quantitative estimate of drug-likeness (QED) is 0.383. The summed E-state index contributed by atoms with van der Waals surface area (Å²) in [4.78, 5) is 32.4. The van der Waals surface area contributed by atoms with Gasteiger partial charge in [-0.15, -0.1) is 0 Å². The second-order valence-corrected chi connectivity index (χ2v) is 14.9. The van der Waals surface area contributed by atoms with Gasteiger partial charge >= 0.3 is 98.3 Å². The number of carbonyl (C=O) groups is 3. The fraction of sp³-hybridized carbons (Fsp3) is 0.833. The number of carbonyl (C=O) groups excluding carboxylic acids is 2. The molecule has 1 saturated heterocycles. The Morgan fingerprint density at radius 3 is 1.58 bits per heavy atom. The zero-order valence-electron chi connectivity index (χ0n) is 15.6. The van der Waals surface area contributed by atoms with E-state index in [4.69, 9.17) is 5.11 Å². The summed E-state index contributed by atoms with van der Waals surface area (Å²) < 4.78 is 5.04. The number of carboxylic acids is 1. The first kappa shape index (κ1) is 23.4. The molecule has 1 heterocycles. The number of hydrogen-bond acceptors (Lipinski definition) is 3. The number of nitrogens with zero attached hydrogens (tertiary/aromatic N) is 1. The summed E-state index contributed by atoms with van der Waals surface area (Å²) in [7, 11) is 0. The van der Waals surface area contributed by atoms with Crippen LogP contribution < -0.4 is 0 Å². The van der Waals surface area contributed by atoms with E-state index in [0.717, 1.165) is 4.90 Å². The predicted molar refractivity (Wildman–Crippen MR) is 98.5 cm³/mol. The van der Waals surface area contributed by atoms with Crippen LogP contribution in [0.25, 0.3) is 0 Å². The van der Waals surface area contributed by atoms with E-state index in [1.165, 1.54) is 38.5 Å². The molecule has 0 atom stereocenters. The minimum absolute atomic E-state index is 0.145. The van der Waals surface area contributed by atoms with E-state index in [-0.39, 0.29) is 12.8 Å². The standard InChI is InChI=1S/C6H7NO4.3C4H9.Sn/c8-4-1-2-5(9)7(4)3-6(10)11;3*1-3-4-2;/h1-3H2,(H,10,11);3*1,3-4H2,2H3;. The number of hydrogen-bond donors (Lipinski definition) is 1. The van der Waals surface area contributed by atoms with E-state index in [0.29, 0.717) is 0 Å². The Morgan fingerprint density at radius 2 is 1.29 bits per heavy atom. The fourth-order valence-corrected chi connectivity index (χ4v) is 12.0. The molecule has 0 aromatic carbocycles. The minimum atomic E-state index is -1.16. The third-order valence-electron chi connectivity index (χ3n) is 4.10. The van der Waals surface area contributed by atoms with Gasteiger partial charge in [0, 0.05) is 12.8 Å². The van der Waals surface area contributed by atoms with E-state index in [1.54, 1.807) is 13.3 Å². The SMILES string of the molecule is CCC[CH2][Sn]([CH2]CCC)[CH2]CCC.O=C(O)CN1C(=O)CCC1=O. The molecule has 0 aromatic rings. The maximum atomic E-state index is 10.8. The Kier molecular flexibility index (Phi) is 14.4. The Morgan fingerprint density at radius 1 is 0.917 bits per heavy atom. The number of imide groups is 1. The monoisotopic (exact) mass is 448 g/mol. The van der Waals surface area contributed by atoms with E-state index in [9.17, 15) is 14.4 Å². The summed E-state index contributed by atoms with van der Waals surface area (Å²) in [5.74, 6) is -1.94. The van der Waals surface area contributed by atoms with Gasteiger partial charge in [0.05, 0.1) is 0 Å². The van der Waals surface area contributed by atoms with Crippen LogP contribution in [0.3, 0.4) is 0 Å². The van der Waals surface area contributed by atoms with Gasteiger partial charge in [-0.1, -0.05) is 0 Å². The molecule has 1 N–H and O–H groups in total. The summed E-state index contributed by atoms with van der Waals surface area (Å²) in [5, 5.41) is 8.26. The first-order chi connectivity index (χ1) is 11.5. The first-order valence-corrected chi connectivity index (χ1v) is 15.4.